The van der Waals surface area contributed by atoms with Crippen molar-refractivity contribution in [3.8, 4) is 0 Å². The molecule has 0 aliphatic carbocycles. The molecule has 0 aromatic heterocycles. The molecule has 0 aromatic carbocycles. The summed E-state index contributed by atoms with van der Waals surface area (Å²) in [4.78, 5) is 0. The van der Waals surface area contributed by atoms with E-state index in [1.807, 2.05) is 0 Å². The second-order valence-electron chi connectivity index (χ2n) is 0. The fourth-order valence-electron chi connectivity index (χ4n) is 0. The van der Waals surface area contributed by atoms with Crippen LogP contribution in [-0.4, -0.2) is 28.3 Å². The van der Waals surface area contributed by atoms with Crippen LogP contribution in [0.1, 0.15) is 7.43 Å². The first-order chi connectivity index (χ1) is 0. The van der Waals surface area contributed by atoms with Crippen LogP contribution in [0.2, 0.25) is 0 Å². The van der Waals surface area contributed by atoms with Crippen LogP contribution in [0.5, 0.6) is 0 Å². The molecule has 0 aliphatic rings. The molecule has 0 rings (SSSR count). The largest absolute Gasteiger partial charge is 0.187 e. The maximum atomic E-state index is 0. The van der Waals surface area contributed by atoms with Crippen molar-refractivity contribution >= 4 is 28.3 Å². The quantitative estimate of drug-likeness (QED) is 0.335. The smallest absolute Gasteiger partial charge is 0.0776 e. The third kappa shape index (κ3) is 10.5. The van der Waals surface area contributed by atoms with E-state index in [2.05, 4.69) is 0 Å². The van der Waals surface area contributed by atoms with Gasteiger partial charge in [-0.25, -0.2) is 0 Å². The first-order valence-corrected chi connectivity index (χ1v) is 0. The first-order valence-electron chi connectivity index (χ1n) is 0. The maximum Gasteiger partial charge on any atom is 0.187 e. The average Bonchev–Trinajstić information content (AvgIpc) is 0. The van der Waals surface area contributed by atoms with Crippen molar-refractivity contribution in [1.82, 2.24) is 0 Å². The summed E-state index contributed by atoms with van der Waals surface area (Å²) in [6, 6.07) is 0. The van der Waals surface area contributed by atoms with Gasteiger partial charge in [0.1, 0.15) is 0 Å². The van der Waals surface area contributed by atoms with E-state index in [1.54, 1.807) is 0 Å². The molecule has 0 bridgehead atoms. The van der Waals surface area contributed by atoms with Gasteiger partial charge in [0.2, 0.25) is 0 Å². The van der Waals surface area contributed by atoms with Gasteiger partial charge in [0.15, 0.2) is 17.4 Å². The summed E-state index contributed by atoms with van der Waals surface area (Å²) < 4.78 is 0. The number of hydrogen-bond donors (Lipinski definition) is 0. The maximum absolute atomic E-state index is 0. The van der Waals surface area contributed by atoms with Crippen molar-refractivity contribution in [2.45, 2.75) is 7.43 Å². The van der Waals surface area contributed by atoms with E-state index >= 15 is 0 Å². The number of hydrogen-bond acceptors (Lipinski definition) is 0. The van der Waals surface area contributed by atoms with E-state index in [4.69, 9.17) is 0 Å². The Labute approximate surface area is 53.0 Å². The van der Waals surface area contributed by atoms with Gasteiger partial charge < -0.3 is 0 Å². The number of rotatable bonds is 0. The van der Waals surface area contributed by atoms with Gasteiger partial charge in [0, 0.05) is 17.1 Å². The predicted octanol–water partition coefficient (Wildman–Crippen LogP) is -2.00. The van der Waals surface area contributed by atoms with Gasteiger partial charge in [-0.1, -0.05) is 7.43 Å². The fraction of sp³-hybridized carbons (Fsp3) is 1.00. The molecule has 0 atom stereocenters. The molecule has 0 unspecified atom stereocenters. The minimum atomic E-state index is 0. The van der Waals surface area contributed by atoms with Crippen LogP contribution in [0.15, 0.2) is 0 Å². The molecule has 0 spiro atoms. The minimum absolute atomic E-state index is 0. The Morgan fingerprint density at radius 2 is 1.00 bits per heavy atom. The SMILES string of the molecule is C.[AlH3].[Mn].[SiH4]. The van der Waals surface area contributed by atoms with Gasteiger partial charge in [0.05, 0.1) is 0 Å². The second kappa shape index (κ2) is 28.3. The Morgan fingerprint density at radius 3 is 1.00 bits per heavy atom. The van der Waals surface area contributed by atoms with E-state index in [-0.39, 0.29) is 52.8 Å². The zero-order valence-corrected chi connectivity index (χ0v) is 1.56. The van der Waals surface area contributed by atoms with Crippen molar-refractivity contribution < 1.29 is 17.1 Å². The Morgan fingerprint density at radius 1 is 1.00 bits per heavy atom. The summed E-state index contributed by atoms with van der Waals surface area (Å²) in [6.45, 7) is 0. The van der Waals surface area contributed by atoms with Crippen molar-refractivity contribution in [3.63, 3.8) is 0 Å². The Balaban J connectivity index is 0. The summed E-state index contributed by atoms with van der Waals surface area (Å²) in [5.74, 6) is 0. The van der Waals surface area contributed by atoms with E-state index in [0.717, 1.165) is 0 Å². The van der Waals surface area contributed by atoms with Crippen LogP contribution in [0.3, 0.4) is 0 Å². The van der Waals surface area contributed by atoms with Crippen LogP contribution in [-0.2, 0) is 17.1 Å². The van der Waals surface area contributed by atoms with Crippen LogP contribution in [0.25, 0.3) is 0 Å². The molecule has 1 radical (unpaired) electrons. The standard InChI is InChI=1S/CH4.Al.Mn.H4Si.3H/h1H4;;;1H4;;;. The van der Waals surface area contributed by atoms with Crippen LogP contribution in [0.4, 0.5) is 0 Å². The van der Waals surface area contributed by atoms with Crippen molar-refractivity contribution in [1.29, 1.82) is 0 Å². The molecule has 0 saturated carbocycles. The molecular formula is CH11AlMnSi. The summed E-state index contributed by atoms with van der Waals surface area (Å²) in [5.41, 5.74) is 0. The van der Waals surface area contributed by atoms with Crippen molar-refractivity contribution in [2.24, 2.45) is 0 Å². The summed E-state index contributed by atoms with van der Waals surface area (Å²) >= 11 is 0. The van der Waals surface area contributed by atoms with Crippen LogP contribution < -0.4 is 0 Å². The first kappa shape index (κ1) is 59.6. The Bertz CT molecular complexity index is 8.00. The van der Waals surface area contributed by atoms with E-state index in [9.17, 15) is 0 Å². The van der Waals surface area contributed by atoms with Gasteiger partial charge in [-0.3, -0.25) is 0 Å². The average molecular weight is 133 g/mol. The molecule has 0 aliphatic heterocycles. The third-order valence-electron chi connectivity index (χ3n) is 0. The third-order valence-corrected chi connectivity index (χ3v) is 0. The second-order valence-corrected chi connectivity index (χ2v) is 0. The van der Waals surface area contributed by atoms with Gasteiger partial charge in [-0.05, 0) is 11.0 Å². The zero-order chi connectivity index (χ0) is 0. The normalized spacial score (nSPS) is 0. The topological polar surface area (TPSA) is 0 Å². The zero-order valence-electron chi connectivity index (χ0n) is 0.378. The van der Waals surface area contributed by atoms with Crippen LogP contribution in [0, 0.1) is 0 Å². The molecule has 0 nitrogen and oxygen atoms in total. The molecule has 0 fully saturated rings. The van der Waals surface area contributed by atoms with E-state index < -0.39 is 0 Å². The summed E-state index contributed by atoms with van der Waals surface area (Å²) in [6.07, 6.45) is 0. The fourth-order valence-corrected chi connectivity index (χ4v) is 0. The molecular weight excluding hydrogens is 122 g/mol. The Hall–Kier alpha value is 1.27. The molecule has 3 heteroatoms. The molecule has 0 aromatic rings. The molecule has 0 heterocycles. The van der Waals surface area contributed by atoms with Crippen LogP contribution >= 0.6 is 0 Å². The van der Waals surface area contributed by atoms with Gasteiger partial charge >= 0.3 is 0 Å². The van der Waals surface area contributed by atoms with Crippen molar-refractivity contribution in [2.75, 3.05) is 0 Å². The predicted molar refractivity (Wildman–Crippen MR) is 28.0 cm³/mol. The monoisotopic (exact) mass is 133 g/mol. The summed E-state index contributed by atoms with van der Waals surface area (Å²) in [7, 11) is 0. The Kier molecular flexibility index (Phi) is 422. The molecule has 0 amide bonds. The minimum Gasteiger partial charge on any atom is -0.0776 e. The molecule has 4 heavy (non-hydrogen) atoms. The molecule has 29 valence electrons. The van der Waals surface area contributed by atoms with Gasteiger partial charge in [-0.15, -0.1) is 0 Å². The molecule has 0 N–H and O–H groups in total. The van der Waals surface area contributed by atoms with Gasteiger partial charge in [-0.2, -0.15) is 0 Å². The van der Waals surface area contributed by atoms with E-state index in [1.165, 1.54) is 0 Å². The molecule has 0 saturated heterocycles. The van der Waals surface area contributed by atoms with Gasteiger partial charge in [0.25, 0.3) is 0 Å². The van der Waals surface area contributed by atoms with E-state index in [0.29, 0.717) is 0 Å². The summed E-state index contributed by atoms with van der Waals surface area (Å²) in [5, 5.41) is 0. The van der Waals surface area contributed by atoms with Crippen molar-refractivity contribution in [3.05, 3.63) is 0 Å².